The van der Waals surface area contributed by atoms with Crippen molar-refractivity contribution in [1.82, 2.24) is 5.32 Å². The fourth-order valence-electron chi connectivity index (χ4n) is 4.67. The highest BCUT2D eigenvalue weighted by Gasteiger charge is 2.56. The summed E-state index contributed by atoms with van der Waals surface area (Å²) in [6.45, 7) is 0. The summed E-state index contributed by atoms with van der Waals surface area (Å²) in [6, 6.07) is 9.87. The standard InChI is InChI=1S/C20H24N2O2/c21-12-13-4-1-2-7-18(13)24-15-10-8-14(9-11-15)22-20(23)19-16-5-3-6-17(16)19/h1-2,4,7,14-17,19H,3,5-6,8-11H2,(H,22,23). The number of hydrogen-bond acceptors (Lipinski definition) is 3. The normalized spacial score (nSPS) is 34.0. The second-order valence-electron chi connectivity index (χ2n) is 7.49. The smallest absolute Gasteiger partial charge is 0.223 e. The van der Waals surface area contributed by atoms with Crippen LogP contribution < -0.4 is 10.1 Å². The summed E-state index contributed by atoms with van der Waals surface area (Å²) in [7, 11) is 0. The molecule has 1 amide bonds. The number of carbonyl (C=O) groups is 1. The number of fused-ring (bicyclic) bond motifs is 1. The molecule has 0 aromatic heterocycles. The van der Waals surface area contributed by atoms with Crippen molar-refractivity contribution in [1.29, 1.82) is 5.26 Å². The lowest BCUT2D eigenvalue weighted by Gasteiger charge is -2.30. The zero-order valence-corrected chi connectivity index (χ0v) is 13.9. The fraction of sp³-hybridized carbons (Fsp3) is 0.600. The van der Waals surface area contributed by atoms with Gasteiger partial charge in [0, 0.05) is 12.0 Å². The van der Waals surface area contributed by atoms with E-state index in [0.29, 0.717) is 41.0 Å². The third kappa shape index (κ3) is 3.00. The van der Waals surface area contributed by atoms with E-state index in [2.05, 4.69) is 11.4 Å². The van der Waals surface area contributed by atoms with Gasteiger partial charge in [0.2, 0.25) is 5.91 Å². The maximum absolute atomic E-state index is 12.4. The van der Waals surface area contributed by atoms with Crippen LogP contribution in [0, 0.1) is 29.1 Å². The molecule has 24 heavy (non-hydrogen) atoms. The zero-order chi connectivity index (χ0) is 16.5. The summed E-state index contributed by atoms with van der Waals surface area (Å²) in [5, 5.41) is 12.4. The zero-order valence-electron chi connectivity index (χ0n) is 13.9. The summed E-state index contributed by atoms with van der Waals surface area (Å²) >= 11 is 0. The van der Waals surface area contributed by atoms with E-state index >= 15 is 0 Å². The number of para-hydroxylation sites is 1. The van der Waals surface area contributed by atoms with Crippen LogP contribution in [0.15, 0.2) is 24.3 Å². The Bertz CT molecular complexity index is 648. The number of nitrogens with zero attached hydrogens (tertiary/aromatic N) is 1. The molecule has 0 saturated heterocycles. The molecule has 2 unspecified atom stereocenters. The Hall–Kier alpha value is -2.02. The average molecular weight is 324 g/mol. The summed E-state index contributed by atoms with van der Waals surface area (Å²) in [6.07, 6.45) is 7.76. The number of rotatable bonds is 4. The Morgan fingerprint density at radius 2 is 1.79 bits per heavy atom. The van der Waals surface area contributed by atoms with E-state index in [1.807, 2.05) is 18.2 Å². The van der Waals surface area contributed by atoms with E-state index in [-0.39, 0.29) is 6.10 Å². The first kappa shape index (κ1) is 15.5. The summed E-state index contributed by atoms with van der Waals surface area (Å²) in [4.78, 5) is 12.4. The highest BCUT2D eigenvalue weighted by molar-refractivity contribution is 5.82. The molecule has 3 aliphatic rings. The topological polar surface area (TPSA) is 62.1 Å². The first-order valence-corrected chi connectivity index (χ1v) is 9.22. The number of nitrogens with one attached hydrogen (secondary N) is 1. The minimum atomic E-state index is 0.146. The van der Waals surface area contributed by atoms with Crippen molar-refractivity contribution in [3.05, 3.63) is 29.8 Å². The van der Waals surface area contributed by atoms with E-state index in [4.69, 9.17) is 10.00 Å². The minimum Gasteiger partial charge on any atom is -0.489 e. The molecule has 0 spiro atoms. The number of nitriles is 1. The van der Waals surface area contributed by atoms with Crippen molar-refractivity contribution < 1.29 is 9.53 Å². The van der Waals surface area contributed by atoms with Crippen molar-refractivity contribution in [2.75, 3.05) is 0 Å². The molecule has 4 heteroatoms. The molecular weight excluding hydrogens is 300 g/mol. The number of benzene rings is 1. The van der Waals surface area contributed by atoms with Crippen molar-refractivity contribution in [2.24, 2.45) is 17.8 Å². The van der Waals surface area contributed by atoms with Gasteiger partial charge in [0.1, 0.15) is 11.8 Å². The fourth-order valence-corrected chi connectivity index (χ4v) is 4.67. The molecule has 4 rings (SSSR count). The van der Waals surface area contributed by atoms with Gasteiger partial charge in [-0.1, -0.05) is 18.6 Å². The van der Waals surface area contributed by atoms with Crippen molar-refractivity contribution >= 4 is 5.91 Å². The van der Waals surface area contributed by atoms with Gasteiger partial charge in [0.05, 0.1) is 11.7 Å². The SMILES string of the molecule is N#Cc1ccccc1OC1CCC(NC(=O)C2C3CCCC32)CC1. The summed E-state index contributed by atoms with van der Waals surface area (Å²) in [5.41, 5.74) is 0.591. The molecule has 0 heterocycles. The first-order valence-electron chi connectivity index (χ1n) is 9.22. The highest BCUT2D eigenvalue weighted by Crippen LogP contribution is 2.57. The van der Waals surface area contributed by atoms with Gasteiger partial charge >= 0.3 is 0 Å². The van der Waals surface area contributed by atoms with Crippen LogP contribution in [0.5, 0.6) is 5.75 Å². The largest absolute Gasteiger partial charge is 0.489 e. The number of hydrogen-bond donors (Lipinski definition) is 1. The number of amides is 1. The molecule has 0 aliphatic heterocycles. The van der Waals surface area contributed by atoms with E-state index in [0.717, 1.165) is 25.7 Å². The predicted molar refractivity (Wildman–Crippen MR) is 90.3 cm³/mol. The van der Waals surface area contributed by atoms with E-state index in [9.17, 15) is 4.79 Å². The number of carbonyl (C=O) groups excluding carboxylic acids is 1. The Balaban J connectivity index is 1.25. The second-order valence-corrected chi connectivity index (χ2v) is 7.49. The van der Waals surface area contributed by atoms with Crippen molar-refractivity contribution in [3.8, 4) is 11.8 Å². The number of ether oxygens (including phenoxy) is 1. The minimum absolute atomic E-state index is 0.146. The molecule has 0 radical (unpaired) electrons. The van der Waals surface area contributed by atoms with Gasteiger partial charge in [0.25, 0.3) is 0 Å². The Morgan fingerprint density at radius 1 is 1.08 bits per heavy atom. The predicted octanol–water partition coefficient (Wildman–Crippen LogP) is 3.41. The van der Waals surface area contributed by atoms with Crippen molar-refractivity contribution in [2.45, 2.75) is 57.1 Å². The molecule has 2 atom stereocenters. The van der Waals surface area contributed by atoms with Crippen LogP contribution in [0.3, 0.4) is 0 Å². The third-order valence-corrected chi connectivity index (χ3v) is 6.03. The lowest BCUT2D eigenvalue weighted by Crippen LogP contribution is -2.41. The average Bonchev–Trinajstić information content (AvgIpc) is 3.10. The van der Waals surface area contributed by atoms with Gasteiger partial charge in [0.15, 0.2) is 0 Å². The van der Waals surface area contributed by atoms with Crippen LogP contribution in [-0.2, 0) is 4.79 Å². The molecule has 0 bridgehead atoms. The van der Waals surface area contributed by atoms with Gasteiger partial charge in [-0.05, 0) is 62.5 Å². The third-order valence-electron chi connectivity index (χ3n) is 6.03. The molecule has 3 saturated carbocycles. The van der Waals surface area contributed by atoms with Gasteiger partial charge in [-0.3, -0.25) is 4.79 Å². The van der Waals surface area contributed by atoms with Gasteiger partial charge in [-0.15, -0.1) is 0 Å². The van der Waals surface area contributed by atoms with Crippen molar-refractivity contribution in [3.63, 3.8) is 0 Å². The quantitative estimate of drug-likeness (QED) is 0.923. The summed E-state index contributed by atoms with van der Waals surface area (Å²) in [5.74, 6) is 2.66. The van der Waals surface area contributed by atoms with Crippen LogP contribution in [0.4, 0.5) is 0 Å². The van der Waals surface area contributed by atoms with E-state index in [1.54, 1.807) is 6.07 Å². The van der Waals surface area contributed by atoms with E-state index < -0.39 is 0 Å². The van der Waals surface area contributed by atoms with Crippen LogP contribution in [0.1, 0.15) is 50.5 Å². The molecule has 4 nitrogen and oxygen atoms in total. The van der Waals surface area contributed by atoms with Gasteiger partial charge in [-0.25, -0.2) is 0 Å². The van der Waals surface area contributed by atoms with Crippen LogP contribution in [0.2, 0.25) is 0 Å². The van der Waals surface area contributed by atoms with Crippen LogP contribution in [0.25, 0.3) is 0 Å². The Morgan fingerprint density at radius 3 is 2.50 bits per heavy atom. The Kier molecular flexibility index (Phi) is 4.18. The van der Waals surface area contributed by atoms with Gasteiger partial charge in [-0.2, -0.15) is 5.26 Å². The van der Waals surface area contributed by atoms with E-state index in [1.165, 1.54) is 19.3 Å². The molecule has 126 valence electrons. The lowest BCUT2D eigenvalue weighted by molar-refractivity contribution is -0.124. The van der Waals surface area contributed by atoms with Gasteiger partial charge < -0.3 is 10.1 Å². The first-order chi connectivity index (χ1) is 11.8. The monoisotopic (exact) mass is 324 g/mol. The Labute approximate surface area is 143 Å². The molecule has 3 aliphatic carbocycles. The maximum Gasteiger partial charge on any atom is 0.223 e. The lowest BCUT2D eigenvalue weighted by atomic mass is 9.92. The summed E-state index contributed by atoms with van der Waals surface area (Å²) < 4.78 is 6.02. The molecule has 1 aromatic rings. The molecule has 3 fully saturated rings. The van der Waals surface area contributed by atoms with Crippen LogP contribution in [-0.4, -0.2) is 18.1 Å². The molecule has 1 aromatic carbocycles. The highest BCUT2D eigenvalue weighted by atomic mass is 16.5. The van der Waals surface area contributed by atoms with Crippen LogP contribution >= 0.6 is 0 Å². The molecular formula is C20H24N2O2. The molecule has 1 N–H and O–H groups in total. The second kappa shape index (κ2) is 6.47. The maximum atomic E-state index is 12.4.